The fourth-order valence-electron chi connectivity index (χ4n) is 2.79. The second-order valence-corrected chi connectivity index (χ2v) is 7.85. The molecule has 0 atom stereocenters. The van der Waals surface area contributed by atoms with Crippen molar-refractivity contribution in [1.29, 1.82) is 0 Å². The molecule has 1 aliphatic carbocycles. The fraction of sp³-hybridized carbons (Fsp3) is 0.333. The summed E-state index contributed by atoms with van der Waals surface area (Å²) in [5.41, 5.74) is 1.42. The van der Waals surface area contributed by atoms with Gasteiger partial charge >= 0.3 is 0 Å². The van der Waals surface area contributed by atoms with Gasteiger partial charge in [0, 0.05) is 17.0 Å². The van der Waals surface area contributed by atoms with Gasteiger partial charge in [0.2, 0.25) is 0 Å². The van der Waals surface area contributed by atoms with Gasteiger partial charge in [-0.05, 0) is 50.2 Å². The van der Waals surface area contributed by atoms with Crippen molar-refractivity contribution < 1.29 is 9.53 Å². The highest BCUT2D eigenvalue weighted by atomic mass is 32.1. The first-order valence-corrected chi connectivity index (χ1v) is 9.97. The van der Waals surface area contributed by atoms with E-state index in [2.05, 4.69) is 20.5 Å². The zero-order valence-corrected chi connectivity index (χ0v) is 16.4. The maximum absolute atomic E-state index is 12.5. The van der Waals surface area contributed by atoms with Crippen LogP contribution in [-0.4, -0.2) is 25.7 Å². The van der Waals surface area contributed by atoms with Gasteiger partial charge < -0.3 is 10.1 Å². The third kappa shape index (κ3) is 4.25. The quantitative estimate of drug-likeness (QED) is 0.592. The fourth-order valence-corrected chi connectivity index (χ4v) is 3.69. The molecule has 2 aromatic heterocycles. The smallest absolute Gasteiger partial charge is 0.251 e. The number of amides is 1. The van der Waals surface area contributed by atoms with Crippen LogP contribution in [0.4, 0.5) is 0 Å². The Morgan fingerprint density at radius 1 is 1.48 bits per heavy atom. The first-order chi connectivity index (χ1) is 13.1. The summed E-state index contributed by atoms with van der Waals surface area (Å²) in [5.74, 6) is 1.21. The van der Waals surface area contributed by atoms with Crippen LogP contribution in [0.1, 0.15) is 45.8 Å². The highest BCUT2D eigenvalue weighted by Crippen LogP contribution is 2.35. The second-order valence-electron chi connectivity index (χ2n) is 6.40. The summed E-state index contributed by atoms with van der Waals surface area (Å²) in [5, 5.41) is 12.9. The van der Waals surface area contributed by atoms with Crippen molar-refractivity contribution in [3.8, 4) is 5.75 Å². The molecule has 27 heavy (non-hydrogen) atoms. The number of nitrogens with zero attached hydrogens (tertiary/aromatic N) is 3. The molecule has 140 valence electrons. The van der Waals surface area contributed by atoms with E-state index in [0.717, 1.165) is 29.4 Å². The number of carbonyl (C=O) groups excluding carboxylic acids is 1. The molecule has 0 spiro atoms. The van der Waals surface area contributed by atoms with E-state index < -0.39 is 0 Å². The van der Waals surface area contributed by atoms with Crippen LogP contribution < -0.4 is 10.1 Å². The van der Waals surface area contributed by atoms with Crippen molar-refractivity contribution in [3.05, 3.63) is 56.5 Å². The Kier molecular flexibility index (Phi) is 5.04. The Bertz CT molecular complexity index is 1020. The van der Waals surface area contributed by atoms with Crippen LogP contribution in [0.5, 0.6) is 5.75 Å². The van der Waals surface area contributed by atoms with E-state index in [1.165, 1.54) is 0 Å². The Hall–Kier alpha value is -2.52. The zero-order chi connectivity index (χ0) is 18.8. The minimum Gasteiger partial charge on any atom is -0.487 e. The number of hydrogen-bond donors (Lipinski definition) is 2. The summed E-state index contributed by atoms with van der Waals surface area (Å²) in [6.07, 6.45) is 2.21. The lowest BCUT2D eigenvalue weighted by Crippen LogP contribution is -2.24. The molecule has 4 rings (SSSR count). The summed E-state index contributed by atoms with van der Waals surface area (Å²) in [6, 6.07) is 7.53. The van der Waals surface area contributed by atoms with Gasteiger partial charge in [0.15, 0.2) is 10.6 Å². The van der Waals surface area contributed by atoms with Crippen LogP contribution in [0.3, 0.4) is 0 Å². The Morgan fingerprint density at radius 3 is 3.07 bits per heavy atom. The second kappa shape index (κ2) is 7.61. The van der Waals surface area contributed by atoms with Gasteiger partial charge in [-0.2, -0.15) is 5.10 Å². The molecule has 2 heterocycles. The Morgan fingerprint density at radius 2 is 2.33 bits per heavy atom. The normalized spacial score (nSPS) is 13.5. The van der Waals surface area contributed by atoms with Gasteiger partial charge in [-0.15, -0.1) is 11.3 Å². The highest BCUT2D eigenvalue weighted by molar-refractivity contribution is 7.71. The van der Waals surface area contributed by atoms with E-state index in [1.807, 2.05) is 22.9 Å². The SMILES string of the molecule is Cc1nc(COc2cccc(C(=O)NCc3n[nH]c(=S)n3C3CC3)c2)cs1. The summed E-state index contributed by atoms with van der Waals surface area (Å²) < 4.78 is 8.35. The molecule has 0 aliphatic heterocycles. The average molecular weight is 402 g/mol. The Balaban J connectivity index is 1.38. The van der Waals surface area contributed by atoms with Crippen molar-refractivity contribution in [2.45, 2.75) is 39.0 Å². The molecule has 1 fully saturated rings. The number of carbonyl (C=O) groups is 1. The van der Waals surface area contributed by atoms with Gasteiger partial charge in [0.05, 0.1) is 17.2 Å². The maximum Gasteiger partial charge on any atom is 0.251 e. The standard InChI is InChI=1S/C18H19N5O2S2/c1-11-20-13(10-27-11)9-25-15-4-2-3-12(7-15)17(24)19-8-16-21-22-18(26)23(16)14-5-6-14/h2-4,7,10,14H,5-6,8-9H2,1H3,(H,19,24)(H,22,26). The van der Waals surface area contributed by atoms with Gasteiger partial charge in [-0.1, -0.05) is 6.07 Å². The van der Waals surface area contributed by atoms with Crippen LogP contribution >= 0.6 is 23.6 Å². The van der Waals surface area contributed by atoms with Crippen molar-refractivity contribution in [3.63, 3.8) is 0 Å². The number of benzene rings is 1. The lowest BCUT2D eigenvalue weighted by Gasteiger charge is -2.09. The number of ether oxygens (including phenoxy) is 1. The van der Waals surface area contributed by atoms with E-state index in [9.17, 15) is 4.79 Å². The van der Waals surface area contributed by atoms with Crippen LogP contribution in [-0.2, 0) is 13.2 Å². The van der Waals surface area contributed by atoms with Gasteiger partial charge in [-0.3, -0.25) is 14.5 Å². The molecule has 3 aromatic rings. The predicted octanol–water partition coefficient (Wildman–Crippen LogP) is 3.55. The summed E-state index contributed by atoms with van der Waals surface area (Å²) >= 11 is 6.85. The molecular weight excluding hydrogens is 382 g/mol. The highest BCUT2D eigenvalue weighted by Gasteiger charge is 2.27. The minimum atomic E-state index is -0.179. The number of aromatic nitrogens is 4. The van der Waals surface area contributed by atoms with E-state index in [-0.39, 0.29) is 5.91 Å². The Labute approximate surface area is 165 Å². The molecule has 0 radical (unpaired) electrons. The lowest BCUT2D eigenvalue weighted by atomic mass is 10.2. The number of aryl methyl sites for hydroxylation is 1. The number of H-pyrrole nitrogens is 1. The number of rotatable bonds is 7. The average Bonchev–Trinajstić information content (AvgIpc) is 3.31. The third-order valence-corrected chi connectivity index (χ3v) is 5.36. The molecular formula is C18H19N5O2S2. The first kappa shape index (κ1) is 17.9. The summed E-state index contributed by atoms with van der Waals surface area (Å²) in [4.78, 5) is 16.9. The largest absolute Gasteiger partial charge is 0.487 e. The maximum atomic E-state index is 12.5. The predicted molar refractivity (Wildman–Crippen MR) is 104 cm³/mol. The molecule has 0 unspecified atom stereocenters. The molecule has 1 amide bonds. The zero-order valence-electron chi connectivity index (χ0n) is 14.8. The van der Waals surface area contributed by atoms with E-state index in [4.69, 9.17) is 17.0 Å². The number of thiazole rings is 1. The molecule has 0 saturated heterocycles. The first-order valence-electron chi connectivity index (χ1n) is 8.68. The third-order valence-electron chi connectivity index (χ3n) is 4.25. The van der Waals surface area contributed by atoms with E-state index in [1.54, 1.807) is 29.5 Å². The van der Waals surface area contributed by atoms with Crippen LogP contribution in [0.25, 0.3) is 0 Å². The molecule has 1 saturated carbocycles. The molecule has 9 heteroatoms. The minimum absolute atomic E-state index is 0.179. The van der Waals surface area contributed by atoms with Gasteiger partial charge in [0.25, 0.3) is 5.91 Å². The van der Waals surface area contributed by atoms with Crippen molar-refractivity contribution in [1.82, 2.24) is 25.1 Å². The van der Waals surface area contributed by atoms with Crippen molar-refractivity contribution in [2.75, 3.05) is 0 Å². The topological polar surface area (TPSA) is 84.8 Å². The van der Waals surface area contributed by atoms with Crippen molar-refractivity contribution >= 4 is 29.5 Å². The summed E-state index contributed by atoms with van der Waals surface area (Å²) in [6.45, 7) is 2.66. The van der Waals surface area contributed by atoms with Crippen LogP contribution in [0.2, 0.25) is 0 Å². The van der Waals surface area contributed by atoms with Gasteiger partial charge in [-0.25, -0.2) is 4.98 Å². The number of aromatic amines is 1. The van der Waals surface area contributed by atoms with Crippen LogP contribution in [0, 0.1) is 11.7 Å². The van der Waals surface area contributed by atoms with Crippen LogP contribution in [0.15, 0.2) is 29.6 Å². The number of nitrogens with one attached hydrogen (secondary N) is 2. The molecule has 1 aromatic carbocycles. The van der Waals surface area contributed by atoms with Gasteiger partial charge in [0.1, 0.15) is 12.4 Å². The number of hydrogen-bond acceptors (Lipinski definition) is 6. The monoisotopic (exact) mass is 401 g/mol. The van der Waals surface area contributed by atoms with Crippen molar-refractivity contribution in [2.24, 2.45) is 0 Å². The lowest BCUT2D eigenvalue weighted by molar-refractivity contribution is 0.0949. The summed E-state index contributed by atoms with van der Waals surface area (Å²) in [7, 11) is 0. The molecule has 7 nitrogen and oxygen atoms in total. The van der Waals surface area contributed by atoms with E-state index >= 15 is 0 Å². The van der Waals surface area contributed by atoms with E-state index in [0.29, 0.717) is 35.3 Å². The molecule has 2 N–H and O–H groups in total. The molecule has 0 bridgehead atoms. The molecule has 1 aliphatic rings.